The highest BCUT2D eigenvalue weighted by Crippen LogP contribution is 2.23. The van der Waals surface area contributed by atoms with Crippen LogP contribution in [0.25, 0.3) is 0 Å². The van der Waals surface area contributed by atoms with Gasteiger partial charge in [0.1, 0.15) is 5.75 Å². The summed E-state index contributed by atoms with van der Waals surface area (Å²) in [5.74, 6) is 0.886. The minimum absolute atomic E-state index is 0.269. The number of hydrogen-bond donors (Lipinski definition) is 1. The first kappa shape index (κ1) is 17.0. The predicted octanol–water partition coefficient (Wildman–Crippen LogP) is 2.31. The molecule has 0 radical (unpaired) electrons. The van der Waals surface area contributed by atoms with Gasteiger partial charge in [0.15, 0.2) is 0 Å². The molecule has 0 aromatic heterocycles. The fourth-order valence-electron chi connectivity index (χ4n) is 2.49. The lowest BCUT2D eigenvalue weighted by Crippen LogP contribution is -2.45. The maximum Gasteiger partial charge on any atom is 0.118 e. The van der Waals surface area contributed by atoms with Crippen molar-refractivity contribution in [2.45, 2.75) is 32.0 Å². The summed E-state index contributed by atoms with van der Waals surface area (Å²) < 4.78 is 10.5. The SMILES string of the molecule is CNC(c1ccc(OC)cc1)C(C)N(C)C(C)COC. The number of nitrogens with zero attached hydrogens (tertiary/aromatic N) is 1. The number of likely N-dealkylation sites (N-methyl/N-ethyl adjacent to an activating group) is 2. The molecule has 1 rings (SSSR count). The van der Waals surface area contributed by atoms with E-state index < -0.39 is 0 Å². The average Bonchev–Trinajstić information content (AvgIpc) is 2.48. The van der Waals surface area contributed by atoms with Crippen molar-refractivity contribution < 1.29 is 9.47 Å². The van der Waals surface area contributed by atoms with Crippen LogP contribution < -0.4 is 10.1 Å². The predicted molar refractivity (Wildman–Crippen MR) is 83.4 cm³/mol. The van der Waals surface area contributed by atoms with E-state index in [2.05, 4.69) is 43.2 Å². The van der Waals surface area contributed by atoms with Crippen molar-refractivity contribution in [3.8, 4) is 5.75 Å². The smallest absolute Gasteiger partial charge is 0.118 e. The fourth-order valence-corrected chi connectivity index (χ4v) is 2.49. The van der Waals surface area contributed by atoms with Crippen molar-refractivity contribution in [2.24, 2.45) is 0 Å². The molecule has 20 heavy (non-hydrogen) atoms. The summed E-state index contributed by atoms with van der Waals surface area (Å²) in [7, 11) is 7.57. The van der Waals surface area contributed by atoms with Gasteiger partial charge in [-0.1, -0.05) is 12.1 Å². The third-order valence-corrected chi connectivity index (χ3v) is 4.01. The van der Waals surface area contributed by atoms with Gasteiger partial charge in [0.25, 0.3) is 0 Å². The van der Waals surface area contributed by atoms with Crippen LogP contribution >= 0.6 is 0 Å². The van der Waals surface area contributed by atoms with Gasteiger partial charge in [-0.15, -0.1) is 0 Å². The largest absolute Gasteiger partial charge is 0.497 e. The van der Waals surface area contributed by atoms with Crippen molar-refractivity contribution in [1.29, 1.82) is 0 Å². The minimum Gasteiger partial charge on any atom is -0.497 e. The summed E-state index contributed by atoms with van der Waals surface area (Å²) in [5, 5.41) is 3.41. The molecule has 3 atom stereocenters. The molecule has 1 aromatic rings. The maximum atomic E-state index is 5.25. The quantitative estimate of drug-likeness (QED) is 0.792. The van der Waals surface area contributed by atoms with Gasteiger partial charge >= 0.3 is 0 Å². The molecule has 0 aliphatic rings. The summed E-state index contributed by atoms with van der Waals surface area (Å²) in [5.41, 5.74) is 1.26. The van der Waals surface area contributed by atoms with Crippen molar-refractivity contribution in [3.05, 3.63) is 29.8 Å². The zero-order valence-corrected chi connectivity index (χ0v) is 13.5. The van der Waals surface area contributed by atoms with Gasteiger partial charge in [-0.3, -0.25) is 4.90 Å². The summed E-state index contributed by atoms with van der Waals surface area (Å²) in [6, 6.07) is 9.25. The lowest BCUT2D eigenvalue weighted by atomic mass is 9.98. The van der Waals surface area contributed by atoms with E-state index in [1.165, 1.54) is 5.56 Å². The Morgan fingerprint density at radius 2 is 1.75 bits per heavy atom. The summed E-state index contributed by atoms with van der Waals surface area (Å²) in [6.45, 7) is 5.15. The van der Waals surface area contributed by atoms with Crippen LogP contribution in [0.5, 0.6) is 5.75 Å². The fraction of sp³-hybridized carbons (Fsp3) is 0.625. The molecule has 0 bridgehead atoms. The van der Waals surface area contributed by atoms with Crippen LogP contribution in [0.3, 0.4) is 0 Å². The molecule has 0 spiro atoms. The average molecular weight is 280 g/mol. The van der Waals surface area contributed by atoms with Crippen LogP contribution in [0, 0.1) is 0 Å². The highest BCUT2D eigenvalue weighted by molar-refractivity contribution is 5.29. The van der Waals surface area contributed by atoms with Crippen LogP contribution in [0.2, 0.25) is 0 Å². The lowest BCUT2D eigenvalue weighted by Gasteiger charge is -2.36. The number of benzene rings is 1. The number of nitrogens with one attached hydrogen (secondary N) is 1. The van der Waals surface area contributed by atoms with E-state index in [4.69, 9.17) is 9.47 Å². The summed E-state index contributed by atoms with van der Waals surface area (Å²) in [6.07, 6.45) is 0. The Morgan fingerprint density at radius 3 is 2.20 bits per heavy atom. The number of hydrogen-bond acceptors (Lipinski definition) is 4. The normalized spacial score (nSPS) is 15.9. The Labute approximate surface area is 123 Å². The first-order valence-electron chi connectivity index (χ1n) is 7.07. The van der Waals surface area contributed by atoms with Gasteiger partial charge in [0, 0.05) is 25.2 Å². The Morgan fingerprint density at radius 1 is 1.15 bits per heavy atom. The Kier molecular flexibility index (Phi) is 6.99. The van der Waals surface area contributed by atoms with E-state index in [-0.39, 0.29) is 6.04 Å². The molecule has 114 valence electrons. The van der Waals surface area contributed by atoms with Gasteiger partial charge in [-0.05, 0) is 45.6 Å². The molecule has 0 saturated heterocycles. The van der Waals surface area contributed by atoms with Gasteiger partial charge in [0.2, 0.25) is 0 Å². The van der Waals surface area contributed by atoms with Crippen molar-refractivity contribution in [3.63, 3.8) is 0 Å². The second-order valence-electron chi connectivity index (χ2n) is 5.25. The number of rotatable bonds is 8. The highest BCUT2D eigenvalue weighted by atomic mass is 16.5. The molecule has 4 heteroatoms. The van der Waals surface area contributed by atoms with E-state index in [0.717, 1.165) is 12.4 Å². The van der Waals surface area contributed by atoms with Crippen LogP contribution in [0.15, 0.2) is 24.3 Å². The van der Waals surface area contributed by atoms with E-state index in [1.807, 2.05) is 19.2 Å². The van der Waals surface area contributed by atoms with E-state index in [1.54, 1.807) is 14.2 Å². The van der Waals surface area contributed by atoms with E-state index in [9.17, 15) is 0 Å². The van der Waals surface area contributed by atoms with Crippen LogP contribution in [-0.4, -0.2) is 51.9 Å². The van der Waals surface area contributed by atoms with Crippen molar-refractivity contribution in [2.75, 3.05) is 34.9 Å². The number of methoxy groups -OCH3 is 2. The van der Waals surface area contributed by atoms with Gasteiger partial charge in [0.05, 0.1) is 13.7 Å². The first-order chi connectivity index (χ1) is 9.54. The molecule has 0 heterocycles. The molecular weight excluding hydrogens is 252 g/mol. The minimum atomic E-state index is 0.269. The first-order valence-corrected chi connectivity index (χ1v) is 7.07. The monoisotopic (exact) mass is 280 g/mol. The van der Waals surface area contributed by atoms with Gasteiger partial charge in [-0.2, -0.15) is 0 Å². The van der Waals surface area contributed by atoms with E-state index >= 15 is 0 Å². The van der Waals surface area contributed by atoms with Crippen LogP contribution in [-0.2, 0) is 4.74 Å². The second kappa shape index (κ2) is 8.25. The Bertz CT molecular complexity index is 381. The maximum absolute atomic E-state index is 5.25. The molecule has 1 N–H and O–H groups in total. The molecule has 0 fully saturated rings. The Hall–Kier alpha value is -1.10. The Balaban J connectivity index is 2.82. The van der Waals surface area contributed by atoms with E-state index in [0.29, 0.717) is 12.1 Å². The number of ether oxygens (including phenoxy) is 2. The zero-order chi connectivity index (χ0) is 15.1. The van der Waals surface area contributed by atoms with Crippen LogP contribution in [0.4, 0.5) is 0 Å². The molecule has 4 nitrogen and oxygen atoms in total. The highest BCUT2D eigenvalue weighted by Gasteiger charge is 2.24. The van der Waals surface area contributed by atoms with Gasteiger partial charge in [-0.25, -0.2) is 0 Å². The third-order valence-electron chi connectivity index (χ3n) is 4.01. The summed E-state index contributed by atoms with van der Waals surface area (Å²) in [4.78, 5) is 2.34. The second-order valence-corrected chi connectivity index (χ2v) is 5.25. The standard InChI is InChI=1S/C16H28N2O2/c1-12(11-19-5)18(4)13(2)16(17-3)14-7-9-15(20-6)10-8-14/h7-10,12-13,16-17H,11H2,1-6H3. The topological polar surface area (TPSA) is 33.7 Å². The third kappa shape index (κ3) is 4.20. The summed E-state index contributed by atoms with van der Waals surface area (Å²) >= 11 is 0. The van der Waals surface area contributed by atoms with Gasteiger partial charge < -0.3 is 14.8 Å². The lowest BCUT2D eigenvalue weighted by molar-refractivity contribution is 0.0821. The van der Waals surface area contributed by atoms with Crippen molar-refractivity contribution in [1.82, 2.24) is 10.2 Å². The molecule has 0 aliphatic heterocycles. The molecular formula is C16H28N2O2. The zero-order valence-electron chi connectivity index (χ0n) is 13.5. The molecule has 1 aromatic carbocycles. The molecule has 3 unspecified atom stereocenters. The molecule has 0 amide bonds. The molecule has 0 aliphatic carbocycles. The molecule has 0 saturated carbocycles. The van der Waals surface area contributed by atoms with Crippen LogP contribution in [0.1, 0.15) is 25.5 Å². The van der Waals surface area contributed by atoms with Crippen molar-refractivity contribution >= 4 is 0 Å².